The van der Waals surface area contributed by atoms with E-state index in [4.69, 9.17) is 0 Å². The number of nitrogens with one attached hydrogen (secondary N) is 2. The number of aromatic nitrogens is 6. The van der Waals surface area contributed by atoms with Crippen molar-refractivity contribution in [3.8, 4) is 5.69 Å². The minimum atomic E-state index is -0.330. The summed E-state index contributed by atoms with van der Waals surface area (Å²) in [6, 6.07) is 14.9. The Morgan fingerprint density at radius 1 is 1.16 bits per heavy atom. The summed E-state index contributed by atoms with van der Waals surface area (Å²) in [5, 5.41) is 16.4. The van der Waals surface area contributed by atoms with Gasteiger partial charge in [0.2, 0.25) is 0 Å². The SMILES string of the molecule is CC(NC(=O)c1ccc(-n2cnc3ccccc32)cc1)c1nn[nH]n1. The van der Waals surface area contributed by atoms with Crippen molar-refractivity contribution in [3.05, 3.63) is 66.2 Å². The van der Waals surface area contributed by atoms with E-state index in [-0.39, 0.29) is 11.9 Å². The zero-order valence-corrected chi connectivity index (χ0v) is 13.4. The molecule has 0 aliphatic carbocycles. The Morgan fingerprint density at radius 3 is 2.72 bits per heavy atom. The number of amides is 1. The second-order valence-corrected chi connectivity index (χ2v) is 5.62. The van der Waals surface area contributed by atoms with E-state index in [2.05, 4.69) is 30.9 Å². The zero-order valence-electron chi connectivity index (χ0n) is 13.4. The van der Waals surface area contributed by atoms with Crippen molar-refractivity contribution in [2.45, 2.75) is 13.0 Å². The number of fused-ring (bicyclic) bond motifs is 1. The summed E-state index contributed by atoms with van der Waals surface area (Å²) in [6.45, 7) is 1.80. The molecule has 25 heavy (non-hydrogen) atoms. The molecule has 2 N–H and O–H groups in total. The highest BCUT2D eigenvalue weighted by molar-refractivity contribution is 5.94. The summed E-state index contributed by atoms with van der Waals surface area (Å²) in [5.74, 6) is 0.245. The molecule has 0 aliphatic heterocycles. The van der Waals surface area contributed by atoms with Crippen LogP contribution in [0.2, 0.25) is 0 Å². The third-order valence-electron chi connectivity index (χ3n) is 3.96. The van der Waals surface area contributed by atoms with Crippen molar-refractivity contribution in [2.75, 3.05) is 0 Å². The maximum atomic E-state index is 12.3. The first-order valence-corrected chi connectivity index (χ1v) is 7.79. The van der Waals surface area contributed by atoms with Gasteiger partial charge in [-0.3, -0.25) is 9.36 Å². The number of aromatic amines is 1. The van der Waals surface area contributed by atoms with Crippen molar-refractivity contribution >= 4 is 16.9 Å². The Morgan fingerprint density at radius 2 is 1.96 bits per heavy atom. The lowest BCUT2D eigenvalue weighted by molar-refractivity contribution is 0.0938. The fourth-order valence-corrected chi connectivity index (χ4v) is 2.64. The van der Waals surface area contributed by atoms with Crippen LogP contribution in [0.15, 0.2) is 54.9 Å². The number of carbonyl (C=O) groups excluding carboxylic acids is 1. The number of hydrogen-bond acceptors (Lipinski definition) is 5. The summed E-state index contributed by atoms with van der Waals surface area (Å²) < 4.78 is 1.99. The van der Waals surface area contributed by atoms with E-state index in [1.807, 2.05) is 41.0 Å². The molecule has 0 fully saturated rings. The van der Waals surface area contributed by atoms with Crippen LogP contribution in [0.4, 0.5) is 0 Å². The standard InChI is InChI=1S/C17H15N7O/c1-11(16-20-22-23-21-16)19-17(25)12-6-8-13(9-7-12)24-10-18-14-4-2-3-5-15(14)24/h2-11H,1H3,(H,19,25)(H,20,21,22,23). The summed E-state index contributed by atoms with van der Waals surface area (Å²) in [4.78, 5) is 16.7. The summed E-state index contributed by atoms with van der Waals surface area (Å²) in [6.07, 6.45) is 1.78. The molecule has 8 heteroatoms. The minimum Gasteiger partial charge on any atom is -0.342 e. The van der Waals surface area contributed by atoms with Crippen LogP contribution in [0.1, 0.15) is 29.1 Å². The maximum absolute atomic E-state index is 12.3. The number of nitrogens with zero attached hydrogens (tertiary/aromatic N) is 5. The van der Waals surface area contributed by atoms with Gasteiger partial charge in [0.05, 0.1) is 17.1 Å². The van der Waals surface area contributed by atoms with Gasteiger partial charge in [-0.05, 0) is 43.3 Å². The molecule has 2 heterocycles. The van der Waals surface area contributed by atoms with Crippen LogP contribution < -0.4 is 5.32 Å². The number of carbonyl (C=O) groups is 1. The number of tetrazole rings is 1. The van der Waals surface area contributed by atoms with Gasteiger partial charge in [0.1, 0.15) is 6.33 Å². The summed E-state index contributed by atoms with van der Waals surface area (Å²) in [5.41, 5.74) is 3.45. The van der Waals surface area contributed by atoms with Crippen LogP contribution >= 0.6 is 0 Å². The fraction of sp³-hybridized carbons (Fsp3) is 0.118. The van der Waals surface area contributed by atoms with Gasteiger partial charge in [-0.15, -0.1) is 10.2 Å². The van der Waals surface area contributed by atoms with E-state index in [1.165, 1.54) is 0 Å². The lowest BCUT2D eigenvalue weighted by Crippen LogP contribution is -2.27. The Labute approximate surface area is 142 Å². The average molecular weight is 333 g/mol. The van der Waals surface area contributed by atoms with Gasteiger partial charge in [0.25, 0.3) is 5.91 Å². The van der Waals surface area contributed by atoms with E-state index in [0.29, 0.717) is 11.4 Å². The Kier molecular flexibility index (Phi) is 3.70. The second-order valence-electron chi connectivity index (χ2n) is 5.62. The molecule has 0 aliphatic rings. The van der Waals surface area contributed by atoms with Gasteiger partial charge >= 0.3 is 0 Å². The number of benzene rings is 2. The summed E-state index contributed by atoms with van der Waals surface area (Å²) >= 11 is 0. The monoisotopic (exact) mass is 333 g/mol. The molecule has 1 amide bonds. The molecular formula is C17H15N7O. The first-order chi connectivity index (χ1) is 12.2. The Bertz CT molecular complexity index is 1010. The van der Waals surface area contributed by atoms with E-state index < -0.39 is 0 Å². The molecule has 0 spiro atoms. The van der Waals surface area contributed by atoms with Gasteiger partial charge in [-0.1, -0.05) is 17.3 Å². The van der Waals surface area contributed by atoms with Crippen LogP contribution in [0.5, 0.6) is 0 Å². The third-order valence-corrected chi connectivity index (χ3v) is 3.96. The van der Waals surface area contributed by atoms with Crippen LogP contribution in [0, 0.1) is 0 Å². The molecule has 2 aromatic carbocycles. The molecule has 1 atom stereocenters. The zero-order chi connectivity index (χ0) is 17.2. The highest BCUT2D eigenvalue weighted by Crippen LogP contribution is 2.18. The first-order valence-electron chi connectivity index (χ1n) is 7.79. The smallest absolute Gasteiger partial charge is 0.251 e. The number of imidazole rings is 1. The van der Waals surface area contributed by atoms with Crippen molar-refractivity contribution in [3.63, 3.8) is 0 Å². The molecule has 0 saturated heterocycles. The lowest BCUT2D eigenvalue weighted by atomic mass is 10.1. The molecule has 8 nitrogen and oxygen atoms in total. The normalized spacial score (nSPS) is 12.2. The predicted octanol–water partition coefficient (Wildman–Crippen LogP) is 2.03. The van der Waals surface area contributed by atoms with Crippen molar-refractivity contribution in [1.82, 2.24) is 35.5 Å². The number of H-pyrrole nitrogens is 1. The van der Waals surface area contributed by atoms with Crippen molar-refractivity contribution in [1.29, 1.82) is 0 Å². The molecule has 0 bridgehead atoms. The van der Waals surface area contributed by atoms with Gasteiger partial charge in [0.15, 0.2) is 5.82 Å². The van der Waals surface area contributed by atoms with Crippen LogP contribution in [0.3, 0.4) is 0 Å². The van der Waals surface area contributed by atoms with Crippen molar-refractivity contribution in [2.24, 2.45) is 0 Å². The molecule has 0 saturated carbocycles. The lowest BCUT2D eigenvalue weighted by Gasteiger charge is -2.10. The molecule has 2 aromatic heterocycles. The largest absolute Gasteiger partial charge is 0.342 e. The molecular weight excluding hydrogens is 318 g/mol. The van der Waals surface area contributed by atoms with Crippen LogP contribution in [-0.2, 0) is 0 Å². The fourth-order valence-electron chi connectivity index (χ4n) is 2.64. The third kappa shape index (κ3) is 2.85. The number of hydrogen-bond donors (Lipinski definition) is 2. The van der Waals surface area contributed by atoms with Gasteiger partial charge in [-0.25, -0.2) is 4.98 Å². The van der Waals surface area contributed by atoms with Gasteiger partial charge in [-0.2, -0.15) is 5.21 Å². The quantitative estimate of drug-likeness (QED) is 0.595. The molecule has 4 rings (SSSR count). The Balaban J connectivity index is 1.54. The predicted molar refractivity (Wildman–Crippen MR) is 91.1 cm³/mol. The summed E-state index contributed by atoms with van der Waals surface area (Å²) in [7, 11) is 0. The van der Waals surface area contributed by atoms with Crippen LogP contribution in [-0.4, -0.2) is 36.1 Å². The van der Waals surface area contributed by atoms with E-state index >= 15 is 0 Å². The molecule has 4 aromatic rings. The number of rotatable bonds is 4. The molecule has 124 valence electrons. The van der Waals surface area contributed by atoms with Crippen molar-refractivity contribution < 1.29 is 4.79 Å². The highest BCUT2D eigenvalue weighted by atomic mass is 16.1. The second kappa shape index (κ2) is 6.16. The first kappa shape index (κ1) is 15.0. The Hall–Kier alpha value is -3.55. The molecule has 1 unspecified atom stereocenters. The highest BCUT2D eigenvalue weighted by Gasteiger charge is 2.15. The maximum Gasteiger partial charge on any atom is 0.251 e. The minimum absolute atomic E-state index is 0.195. The van der Waals surface area contributed by atoms with Crippen LogP contribution in [0.25, 0.3) is 16.7 Å². The topological polar surface area (TPSA) is 101 Å². The van der Waals surface area contributed by atoms with E-state index in [1.54, 1.807) is 25.4 Å². The molecule has 0 radical (unpaired) electrons. The average Bonchev–Trinajstić information content (AvgIpc) is 3.32. The number of para-hydroxylation sites is 2. The van der Waals surface area contributed by atoms with E-state index in [9.17, 15) is 4.79 Å². The van der Waals surface area contributed by atoms with E-state index in [0.717, 1.165) is 16.7 Å². The van der Waals surface area contributed by atoms with Gasteiger partial charge in [0, 0.05) is 11.3 Å². The van der Waals surface area contributed by atoms with Gasteiger partial charge < -0.3 is 5.32 Å².